The molecule has 4 aromatic rings. The largest absolute Gasteiger partial charge is 0.300 e. The number of fused-ring (bicyclic) bond motifs is 1. The molecule has 0 unspecified atom stereocenters. The van der Waals surface area contributed by atoms with Crippen molar-refractivity contribution in [2.24, 2.45) is 0 Å². The molecule has 0 fully saturated rings. The summed E-state index contributed by atoms with van der Waals surface area (Å²) >= 11 is 13.8. The van der Waals surface area contributed by atoms with Crippen LogP contribution in [0.3, 0.4) is 0 Å². The van der Waals surface area contributed by atoms with E-state index in [1.807, 2.05) is 30.3 Å². The van der Waals surface area contributed by atoms with Crippen molar-refractivity contribution in [1.82, 2.24) is 19.2 Å². The van der Waals surface area contributed by atoms with Crippen molar-refractivity contribution in [1.29, 1.82) is 0 Å². The fourth-order valence-corrected chi connectivity index (χ4v) is 3.81. The van der Waals surface area contributed by atoms with Gasteiger partial charge in [0.15, 0.2) is 5.16 Å². The lowest BCUT2D eigenvalue weighted by Crippen LogP contribution is -2.20. The molecule has 0 N–H and O–H groups in total. The zero-order chi connectivity index (χ0) is 18.1. The second-order valence-electron chi connectivity index (χ2n) is 5.50. The van der Waals surface area contributed by atoms with E-state index in [0.717, 1.165) is 5.75 Å². The lowest BCUT2D eigenvalue weighted by molar-refractivity contribution is 0.893. The van der Waals surface area contributed by atoms with Crippen LogP contribution < -0.4 is 5.56 Å². The van der Waals surface area contributed by atoms with Crippen LogP contribution in [0.5, 0.6) is 0 Å². The average molecular weight is 403 g/mol. The van der Waals surface area contributed by atoms with E-state index in [1.54, 1.807) is 35.0 Å². The van der Waals surface area contributed by atoms with Gasteiger partial charge < -0.3 is 0 Å². The van der Waals surface area contributed by atoms with Crippen LogP contribution >= 0.6 is 35.0 Å². The summed E-state index contributed by atoms with van der Waals surface area (Å²) in [7, 11) is 0. The Kier molecular flexibility index (Phi) is 4.72. The minimum atomic E-state index is -0.310. The molecule has 0 aliphatic carbocycles. The number of nitrogens with zero attached hydrogens (tertiary/aromatic N) is 4. The second kappa shape index (κ2) is 7.15. The highest BCUT2D eigenvalue weighted by atomic mass is 35.5. The van der Waals surface area contributed by atoms with Crippen molar-refractivity contribution in [3.8, 4) is 5.69 Å². The maximum absolute atomic E-state index is 12.8. The quantitative estimate of drug-likeness (QED) is 0.472. The number of halogens is 2. The average Bonchev–Trinajstić information content (AvgIpc) is 3.08. The standard InChI is InChI=1S/C18H12Cl2N4OS/c19-13-7-4-8-14(15(13)20)23-9-10-24-16(17(23)25)21-22-18(24)26-11-12-5-2-1-3-6-12/h1-10H,11H2. The summed E-state index contributed by atoms with van der Waals surface area (Å²) in [5.41, 5.74) is 1.61. The Balaban J connectivity index is 1.72. The highest BCUT2D eigenvalue weighted by molar-refractivity contribution is 7.98. The van der Waals surface area contributed by atoms with Gasteiger partial charge in [-0.2, -0.15) is 0 Å². The molecule has 0 bridgehead atoms. The van der Waals surface area contributed by atoms with E-state index in [2.05, 4.69) is 10.2 Å². The first-order valence-electron chi connectivity index (χ1n) is 7.72. The van der Waals surface area contributed by atoms with Crippen molar-refractivity contribution in [3.05, 3.63) is 86.9 Å². The molecule has 0 radical (unpaired) electrons. The summed E-state index contributed by atoms with van der Waals surface area (Å²) < 4.78 is 3.11. The Labute approximate surface area is 163 Å². The molecule has 0 aliphatic rings. The van der Waals surface area contributed by atoms with Crippen LogP contribution in [0.4, 0.5) is 0 Å². The lowest BCUT2D eigenvalue weighted by atomic mass is 10.2. The summed E-state index contributed by atoms with van der Waals surface area (Å²) in [5.74, 6) is 0.741. The van der Waals surface area contributed by atoms with Crippen LogP contribution in [0.15, 0.2) is 70.9 Å². The number of benzene rings is 2. The van der Waals surface area contributed by atoms with Gasteiger partial charge in [0, 0.05) is 18.1 Å². The summed E-state index contributed by atoms with van der Waals surface area (Å²) in [6, 6.07) is 15.2. The molecule has 0 aliphatic heterocycles. The first-order chi connectivity index (χ1) is 12.6. The number of thioether (sulfide) groups is 1. The topological polar surface area (TPSA) is 52.2 Å². The molecule has 8 heteroatoms. The maximum atomic E-state index is 12.8. The summed E-state index contributed by atoms with van der Waals surface area (Å²) in [6.45, 7) is 0. The predicted molar refractivity (Wildman–Crippen MR) is 105 cm³/mol. The molecule has 0 atom stereocenters. The van der Waals surface area contributed by atoms with Gasteiger partial charge in [-0.15, -0.1) is 10.2 Å². The zero-order valence-electron chi connectivity index (χ0n) is 13.3. The fraction of sp³-hybridized carbons (Fsp3) is 0.0556. The van der Waals surface area contributed by atoms with Gasteiger partial charge in [0.1, 0.15) is 0 Å². The monoisotopic (exact) mass is 402 g/mol. The van der Waals surface area contributed by atoms with Gasteiger partial charge in [-0.1, -0.05) is 71.4 Å². The number of hydrogen-bond donors (Lipinski definition) is 0. The van der Waals surface area contributed by atoms with Crippen molar-refractivity contribution >= 4 is 40.6 Å². The van der Waals surface area contributed by atoms with Crippen molar-refractivity contribution < 1.29 is 0 Å². The molecule has 0 saturated heterocycles. The van der Waals surface area contributed by atoms with Gasteiger partial charge in [0.05, 0.1) is 15.7 Å². The van der Waals surface area contributed by atoms with E-state index < -0.39 is 0 Å². The summed E-state index contributed by atoms with van der Waals surface area (Å²) in [5, 5.41) is 9.56. The fourth-order valence-electron chi connectivity index (χ4n) is 2.55. The van der Waals surface area contributed by atoms with Gasteiger partial charge in [-0.05, 0) is 17.7 Å². The Morgan fingerprint density at radius 3 is 2.58 bits per heavy atom. The molecule has 4 rings (SSSR count). The normalized spacial score (nSPS) is 11.2. The predicted octanol–water partition coefficient (Wildman–Crippen LogP) is 4.48. The molecule has 0 amide bonds. The van der Waals surface area contributed by atoms with E-state index in [1.165, 1.54) is 21.9 Å². The third-order valence-electron chi connectivity index (χ3n) is 3.84. The van der Waals surface area contributed by atoms with Gasteiger partial charge in [-0.25, -0.2) is 0 Å². The van der Waals surface area contributed by atoms with Crippen molar-refractivity contribution in [2.75, 3.05) is 0 Å². The number of rotatable bonds is 4. The third-order valence-corrected chi connectivity index (χ3v) is 5.66. The minimum Gasteiger partial charge on any atom is -0.278 e. The smallest absolute Gasteiger partial charge is 0.278 e. The maximum Gasteiger partial charge on any atom is 0.300 e. The van der Waals surface area contributed by atoms with Gasteiger partial charge in [0.2, 0.25) is 5.65 Å². The summed E-state index contributed by atoms with van der Waals surface area (Å²) in [4.78, 5) is 12.8. The first kappa shape index (κ1) is 17.1. The highest BCUT2D eigenvalue weighted by Gasteiger charge is 2.14. The molecule has 0 saturated carbocycles. The van der Waals surface area contributed by atoms with Crippen LogP contribution in [0.1, 0.15) is 5.56 Å². The van der Waals surface area contributed by atoms with Crippen LogP contribution in [0, 0.1) is 0 Å². The van der Waals surface area contributed by atoms with Crippen molar-refractivity contribution in [2.45, 2.75) is 10.9 Å². The van der Waals surface area contributed by atoms with Crippen LogP contribution in [0.25, 0.3) is 11.3 Å². The SMILES string of the molecule is O=c1c2nnc(SCc3ccccc3)n2ccn1-c1cccc(Cl)c1Cl. The highest BCUT2D eigenvalue weighted by Crippen LogP contribution is 2.28. The third kappa shape index (κ3) is 3.11. The Hall–Kier alpha value is -2.28. The zero-order valence-corrected chi connectivity index (χ0v) is 15.7. The van der Waals surface area contributed by atoms with Crippen LogP contribution in [-0.2, 0) is 5.75 Å². The van der Waals surface area contributed by atoms with Gasteiger partial charge in [-0.3, -0.25) is 13.8 Å². The van der Waals surface area contributed by atoms with Crippen LogP contribution in [0.2, 0.25) is 10.0 Å². The first-order valence-corrected chi connectivity index (χ1v) is 9.47. The van der Waals surface area contributed by atoms with E-state index in [0.29, 0.717) is 20.9 Å². The molecule has 130 valence electrons. The lowest BCUT2D eigenvalue weighted by Gasteiger charge is -2.09. The molecule has 2 aromatic heterocycles. The number of aromatic nitrogens is 4. The molecule has 0 spiro atoms. The van der Waals surface area contributed by atoms with Gasteiger partial charge >= 0.3 is 5.56 Å². The van der Waals surface area contributed by atoms with E-state index >= 15 is 0 Å². The number of hydrogen-bond acceptors (Lipinski definition) is 4. The molecular formula is C18H12Cl2N4OS. The Morgan fingerprint density at radius 1 is 0.962 bits per heavy atom. The molecular weight excluding hydrogens is 391 g/mol. The van der Waals surface area contributed by atoms with Crippen molar-refractivity contribution in [3.63, 3.8) is 0 Å². The Bertz CT molecular complexity index is 1140. The molecule has 26 heavy (non-hydrogen) atoms. The van der Waals surface area contributed by atoms with E-state index in [4.69, 9.17) is 23.2 Å². The van der Waals surface area contributed by atoms with Crippen LogP contribution in [-0.4, -0.2) is 19.2 Å². The Morgan fingerprint density at radius 2 is 1.77 bits per heavy atom. The molecule has 2 aromatic carbocycles. The molecule has 2 heterocycles. The minimum absolute atomic E-state index is 0.235. The van der Waals surface area contributed by atoms with Gasteiger partial charge in [0.25, 0.3) is 0 Å². The van der Waals surface area contributed by atoms with E-state index in [-0.39, 0.29) is 11.2 Å². The van der Waals surface area contributed by atoms with E-state index in [9.17, 15) is 4.79 Å². The molecule has 5 nitrogen and oxygen atoms in total. The summed E-state index contributed by atoms with van der Waals surface area (Å²) in [6.07, 6.45) is 3.39. The second-order valence-corrected chi connectivity index (χ2v) is 7.22.